The number of nitrogens with zero attached hydrogens (tertiary/aromatic N) is 2. The first-order valence-electron chi connectivity index (χ1n) is 14.3. The van der Waals surface area contributed by atoms with Crippen LogP contribution in [0.25, 0.3) is 12.2 Å². The number of aromatic nitrogens is 1. The molecule has 6 rings (SSSR count). The smallest absolute Gasteiger partial charge is 0.271 e. The van der Waals surface area contributed by atoms with Crippen LogP contribution in [0.15, 0.2) is 91.8 Å². The molecule has 1 aromatic heterocycles. The molecule has 44 heavy (non-hydrogen) atoms. The summed E-state index contributed by atoms with van der Waals surface area (Å²) in [6, 6.07) is 19.4. The lowest BCUT2D eigenvalue weighted by molar-refractivity contribution is 0.353. The van der Waals surface area contributed by atoms with Gasteiger partial charge in [0.15, 0.2) is 27.8 Å². The van der Waals surface area contributed by atoms with E-state index >= 15 is 0 Å². The molecular formula is C35H33BrN2O5S. The van der Waals surface area contributed by atoms with Crippen LogP contribution in [0.2, 0.25) is 0 Å². The molecule has 3 aromatic carbocycles. The highest BCUT2D eigenvalue weighted by atomic mass is 79.9. The quantitative estimate of drug-likeness (QED) is 0.223. The van der Waals surface area contributed by atoms with Crippen LogP contribution in [0.5, 0.6) is 23.0 Å². The molecule has 1 aliphatic heterocycles. The molecule has 0 spiro atoms. The number of hydrogen-bond donors (Lipinski definition) is 0. The van der Waals surface area contributed by atoms with Gasteiger partial charge in [-0.15, -0.1) is 0 Å². The van der Waals surface area contributed by atoms with Gasteiger partial charge in [-0.1, -0.05) is 58.5 Å². The van der Waals surface area contributed by atoms with Gasteiger partial charge in [-0.2, -0.15) is 0 Å². The van der Waals surface area contributed by atoms with E-state index < -0.39 is 0 Å². The first-order valence-corrected chi connectivity index (χ1v) is 15.9. The molecule has 0 radical (unpaired) electrons. The molecule has 9 heteroatoms. The minimum atomic E-state index is -0.352. The van der Waals surface area contributed by atoms with E-state index in [1.807, 2.05) is 71.3 Å². The van der Waals surface area contributed by atoms with Crippen LogP contribution in [0, 0.1) is 5.92 Å². The van der Waals surface area contributed by atoms with Crippen LogP contribution < -0.4 is 33.8 Å². The van der Waals surface area contributed by atoms with Gasteiger partial charge in [0.1, 0.15) is 0 Å². The van der Waals surface area contributed by atoms with E-state index in [1.165, 1.54) is 11.3 Å². The number of halogens is 1. The lowest BCUT2D eigenvalue weighted by atomic mass is 9.77. The summed E-state index contributed by atoms with van der Waals surface area (Å²) in [5, 5.41) is 0. The number of rotatable bonds is 7. The fourth-order valence-corrected chi connectivity index (χ4v) is 7.43. The minimum Gasteiger partial charge on any atom is -0.493 e. The Balaban J connectivity index is 1.60. The minimum absolute atomic E-state index is 0.0664. The fraction of sp³-hybridized carbons (Fsp3) is 0.257. The van der Waals surface area contributed by atoms with Crippen LogP contribution in [-0.2, 0) is 0 Å². The monoisotopic (exact) mass is 672 g/mol. The number of allylic oxidation sites excluding steroid dienone is 2. The van der Waals surface area contributed by atoms with E-state index in [1.54, 1.807) is 28.4 Å². The zero-order valence-corrected chi connectivity index (χ0v) is 27.6. The zero-order valence-electron chi connectivity index (χ0n) is 25.2. The van der Waals surface area contributed by atoms with Crippen LogP contribution >= 0.6 is 27.3 Å². The average molecular weight is 674 g/mol. The van der Waals surface area contributed by atoms with Crippen LogP contribution in [-0.4, -0.2) is 33.0 Å². The summed E-state index contributed by atoms with van der Waals surface area (Å²) in [5.41, 5.74) is 6.00. The number of benzene rings is 3. The van der Waals surface area contributed by atoms with Gasteiger partial charge in [-0.05, 0) is 95.1 Å². The lowest BCUT2D eigenvalue weighted by Crippen LogP contribution is -2.40. The number of thiazole rings is 1. The van der Waals surface area contributed by atoms with Crippen molar-refractivity contribution in [3.05, 3.63) is 118 Å². The molecule has 2 atom stereocenters. The molecule has 0 saturated carbocycles. The number of methoxy groups -OCH3 is 4. The summed E-state index contributed by atoms with van der Waals surface area (Å²) in [6.07, 6.45) is 5.91. The standard InChI is InChI=1S/C35H33BrN2O5S/c1-20-9-11-23(15-22-10-13-26(40-2)28(17-22)42-4)32-31(20)33(24-12-14-27(41-3)29(19-24)43-5)38-34(39)30(44-35(38)37-32)18-21-7-6-8-25(36)16-21/h6-8,10,12-20,33H,9,11H2,1-5H3/b23-15+,30-18-. The second-order valence-corrected chi connectivity index (χ2v) is 12.7. The number of hydrogen-bond acceptors (Lipinski definition) is 7. The predicted octanol–water partition coefficient (Wildman–Crippen LogP) is 6.53. The zero-order chi connectivity index (χ0) is 31.0. The van der Waals surface area contributed by atoms with Gasteiger partial charge < -0.3 is 18.9 Å². The Bertz CT molecular complexity index is 1990. The Morgan fingerprint density at radius 2 is 1.55 bits per heavy atom. The van der Waals surface area contributed by atoms with Gasteiger partial charge in [0.2, 0.25) is 0 Å². The normalized spacial score (nSPS) is 18.9. The highest BCUT2D eigenvalue weighted by Gasteiger charge is 2.36. The Kier molecular flexibility index (Phi) is 8.51. The van der Waals surface area contributed by atoms with Crippen LogP contribution in [0.1, 0.15) is 42.5 Å². The summed E-state index contributed by atoms with van der Waals surface area (Å²) in [4.78, 5) is 20.1. The maximum absolute atomic E-state index is 14.2. The molecule has 0 bridgehead atoms. The van der Waals surface area contributed by atoms with Crippen molar-refractivity contribution >= 4 is 39.4 Å². The predicted molar refractivity (Wildman–Crippen MR) is 178 cm³/mol. The third-order valence-corrected chi connectivity index (χ3v) is 9.65. The molecular weight excluding hydrogens is 640 g/mol. The van der Waals surface area contributed by atoms with Gasteiger partial charge in [0, 0.05) is 4.47 Å². The van der Waals surface area contributed by atoms with Gasteiger partial charge in [0.25, 0.3) is 5.56 Å². The first kappa shape index (κ1) is 30.0. The second kappa shape index (κ2) is 12.5. The largest absolute Gasteiger partial charge is 0.493 e. The summed E-state index contributed by atoms with van der Waals surface area (Å²) in [6.45, 7) is 2.22. The topological polar surface area (TPSA) is 71.3 Å². The van der Waals surface area contributed by atoms with Crippen molar-refractivity contribution in [1.82, 2.24) is 4.57 Å². The van der Waals surface area contributed by atoms with Crippen molar-refractivity contribution in [1.29, 1.82) is 0 Å². The van der Waals surface area contributed by atoms with Crippen molar-refractivity contribution in [2.24, 2.45) is 10.9 Å². The lowest BCUT2D eigenvalue weighted by Gasteiger charge is -2.35. The fourth-order valence-electron chi connectivity index (χ4n) is 6.01. The SMILES string of the molecule is COc1ccc(/C=C2\CCC(C)C3=C2N=c2s/c(=C\c4cccc(Br)c4)c(=O)n2C3c2ccc(OC)c(OC)c2)cc1OC. The van der Waals surface area contributed by atoms with Crippen molar-refractivity contribution in [2.45, 2.75) is 25.8 Å². The van der Waals surface area contributed by atoms with Gasteiger partial charge in [-0.25, -0.2) is 4.99 Å². The van der Waals surface area contributed by atoms with E-state index in [0.29, 0.717) is 32.3 Å². The third kappa shape index (κ3) is 5.50. The van der Waals surface area contributed by atoms with E-state index in [-0.39, 0.29) is 17.5 Å². The van der Waals surface area contributed by atoms with Crippen LogP contribution in [0.3, 0.4) is 0 Å². The summed E-state index contributed by atoms with van der Waals surface area (Å²) in [7, 11) is 6.52. The molecule has 4 aromatic rings. The molecule has 2 aliphatic rings. The van der Waals surface area contributed by atoms with Crippen molar-refractivity contribution in [2.75, 3.05) is 28.4 Å². The Morgan fingerprint density at radius 3 is 2.25 bits per heavy atom. The molecule has 0 saturated heterocycles. The Labute approximate surface area is 268 Å². The van der Waals surface area contributed by atoms with E-state index in [2.05, 4.69) is 28.9 Å². The third-order valence-electron chi connectivity index (χ3n) is 8.17. The molecule has 0 amide bonds. The molecule has 0 N–H and O–H groups in total. The second-order valence-electron chi connectivity index (χ2n) is 10.8. The van der Waals surface area contributed by atoms with Crippen molar-refractivity contribution < 1.29 is 18.9 Å². The van der Waals surface area contributed by atoms with E-state index in [9.17, 15) is 4.79 Å². The van der Waals surface area contributed by atoms with Gasteiger partial charge in [0.05, 0.1) is 44.7 Å². The maximum atomic E-state index is 14.2. The molecule has 226 valence electrons. The maximum Gasteiger partial charge on any atom is 0.271 e. The van der Waals surface area contributed by atoms with Gasteiger partial charge in [-0.3, -0.25) is 9.36 Å². The summed E-state index contributed by atoms with van der Waals surface area (Å²) < 4.78 is 25.7. The summed E-state index contributed by atoms with van der Waals surface area (Å²) >= 11 is 4.96. The van der Waals surface area contributed by atoms with Crippen molar-refractivity contribution in [3.63, 3.8) is 0 Å². The highest BCUT2D eigenvalue weighted by Crippen LogP contribution is 2.45. The number of ether oxygens (including phenoxy) is 4. The van der Waals surface area contributed by atoms with Gasteiger partial charge >= 0.3 is 0 Å². The first-order chi connectivity index (χ1) is 21.3. The average Bonchev–Trinajstić information content (AvgIpc) is 3.35. The van der Waals surface area contributed by atoms with E-state index in [4.69, 9.17) is 23.9 Å². The molecule has 2 unspecified atom stereocenters. The molecule has 0 fully saturated rings. The molecule has 1 aliphatic carbocycles. The molecule has 7 nitrogen and oxygen atoms in total. The Morgan fingerprint density at radius 1 is 0.864 bits per heavy atom. The summed E-state index contributed by atoms with van der Waals surface area (Å²) in [5.74, 6) is 2.80. The van der Waals surface area contributed by atoms with Crippen molar-refractivity contribution in [3.8, 4) is 23.0 Å². The molecule has 2 heterocycles. The van der Waals surface area contributed by atoms with Crippen LogP contribution in [0.4, 0.5) is 0 Å². The Hall–Kier alpha value is -4.08. The number of fused-ring (bicyclic) bond motifs is 1. The van der Waals surface area contributed by atoms with E-state index in [0.717, 1.165) is 50.8 Å². The highest BCUT2D eigenvalue weighted by molar-refractivity contribution is 9.10.